The summed E-state index contributed by atoms with van der Waals surface area (Å²) >= 11 is 0. The molecule has 0 unspecified atom stereocenters. The Kier molecular flexibility index (Phi) is 5.00. The lowest BCUT2D eigenvalue weighted by atomic mass is 9.84. The molecule has 3 aromatic rings. The van der Waals surface area contributed by atoms with Crippen molar-refractivity contribution in [3.63, 3.8) is 0 Å². The third kappa shape index (κ3) is 3.34. The molecule has 4 rings (SSSR count). The van der Waals surface area contributed by atoms with Gasteiger partial charge in [-0.05, 0) is 30.5 Å². The minimum atomic E-state index is -4.94. The molecule has 2 nitrogen and oxygen atoms in total. The van der Waals surface area contributed by atoms with Crippen molar-refractivity contribution in [2.24, 2.45) is 0 Å². The Hall–Kier alpha value is -3.34. The van der Waals surface area contributed by atoms with Gasteiger partial charge in [-0.1, -0.05) is 91.0 Å². The number of hydrogen-bond acceptors (Lipinski definition) is 2. The molecular weight excluding hydrogens is 399 g/mol. The summed E-state index contributed by atoms with van der Waals surface area (Å²) < 4.78 is 39.7. The van der Waals surface area contributed by atoms with E-state index in [1.165, 1.54) is 0 Å². The van der Waals surface area contributed by atoms with Crippen molar-refractivity contribution >= 4 is 11.5 Å². The molecule has 31 heavy (non-hydrogen) atoms. The van der Waals surface area contributed by atoms with E-state index in [4.69, 9.17) is 0 Å². The van der Waals surface area contributed by atoms with Gasteiger partial charge in [0.05, 0.1) is 11.1 Å². The number of rotatable bonds is 5. The Labute approximate surface area is 179 Å². The van der Waals surface area contributed by atoms with E-state index in [0.29, 0.717) is 5.56 Å². The Morgan fingerprint density at radius 2 is 1.13 bits per heavy atom. The van der Waals surface area contributed by atoms with E-state index in [1.54, 1.807) is 30.3 Å². The molecule has 1 aliphatic rings. The zero-order valence-corrected chi connectivity index (χ0v) is 17.2. The number of nitrogens with zero attached hydrogens (tertiary/aromatic N) is 1. The summed E-state index contributed by atoms with van der Waals surface area (Å²) in [6, 6.07) is 28.1. The lowest BCUT2D eigenvalue weighted by Crippen LogP contribution is -2.22. The van der Waals surface area contributed by atoms with Crippen LogP contribution < -0.4 is 0 Å². The number of benzene rings is 3. The van der Waals surface area contributed by atoms with E-state index in [0.717, 1.165) is 17.2 Å². The summed E-state index contributed by atoms with van der Waals surface area (Å²) in [5.41, 5.74) is 1.43. The average Bonchev–Trinajstić information content (AvgIpc) is 3.30. The molecule has 3 aromatic carbocycles. The van der Waals surface area contributed by atoms with Gasteiger partial charge < -0.3 is 4.90 Å². The maximum absolute atomic E-state index is 13.2. The van der Waals surface area contributed by atoms with Gasteiger partial charge in [0.2, 0.25) is 0 Å². The maximum Gasteiger partial charge on any atom is 0.454 e. The van der Waals surface area contributed by atoms with Gasteiger partial charge in [0.25, 0.3) is 5.78 Å². The van der Waals surface area contributed by atoms with Crippen LogP contribution in [0.25, 0.3) is 5.70 Å². The first kappa shape index (κ1) is 20.9. The van der Waals surface area contributed by atoms with E-state index in [9.17, 15) is 18.0 Å². The highest BCUT2D eigenvalue weighted by Gasteiger charge is 2.71. The highest BCUT2D eigenvalue weighted by Crippen LogP contribution is 2.68. The molecule has 158 valence electrons. The fourth-order valence-corrected chi connectivity index (χ4v) is 4.53. The van der Waals surface area contributed by atoms with Crippen molar-refractivity contribution in [2.75, 3.05) is 0 Å². The molecular formula is C26H22F3NO. The van der Waals surface area contributed by atoms with Gasteiger partial charge in [0.1, 0.15) is 0 Å². The van der Waals surface area contributed by atoms with Gasteiger partial charge in [-0.2, -0.15) is 13.2 Å². The van der Waals surface area contributed by atoms with Crippen LogP contribution in [0.5, 0.6) is 0 Å². The first-order valence-corrected chi connectivity index (χ1v) is 10.0. The third-order valence-corrected chi connectivity index (χ3v) is 6.32. The second-order valence-corrected chi connectivity index (χ2v) is 7.97. The van der Waals surface area contributed by atoms with Crippen molar-refractivity contribution in [1.29, 1.82) is 0 Å². The van der Waals surface area contributed by atoms with Crippen LogP contribution in [0.1, 0.15) is 30.5 Å². The van der Waals surface area contributed by atoms with Crippen LogP contribution in [0.15, 0.2) is 97.1 Å². The lowest BCUT2D eigenvalue weighted by Gasteiger charge is -2.18. The number of halogens is 3. The normalized spacial score (nSPS) is 23.5. The summed E-state index contributed by atoms with van der Waals surface area (Å²) in [4.78, 5) is 14.0. The number of carbonyl (C=O) groups is 1. The zero-order chi connectivity index (χ0) is 22.3. The average molecular weight is 421 g/mol. The molecule has 0 aromatic heterocycles. The molecule has 1 saturated heterocycles. The standard InChI is InChI=1S/C26H22F3NO/c1-24(20-14-8-4-9-15-20)25(2,21-16-10-5-11-17-21)30(24)22(18-23(31)26(27,28)29)19-12-6-3-7-13-19/h3-18H,1-2H3/b22-18+/t24-,25+,30?. The number of allylic oxidation sites excluding steroid dienone is 1. The Bertz CT molecular complexity index is 1060. The van der Waals surface area contributed by atoms with E-state index < -0.39 is 23.0 Å². The second-order valence-electron chi connectivity index (χ2n) is 7.97. The fourth-order valence-electron chi connectivity index (χ4n) is 4.53. The van der Waals surface area contributed by atoms with Crippen LogP contribution in [0, 0.1) is 0 Å². The molecule has 1 heterocycles. The molecule has 0 radical (unpaired) electrons. The van der Waals surface area contributed by atoms with E-state index in [-0.39, 0.29) is 5.70 Å². The first-order chi connectivity index (χ1) is 14.7. The summed E-state index contributed by atoms with van der Waals surface area (Å²) in [5, 5.41) is 0. The first-order valence-electron chi connectivity index (χ1n) is 10.0. The van der Waals surface area contributed by atoms with Crippen molar-refractivity contribution in [3.8, 4) is 0 Å². The molecule has 0 spiro atoms. The highest BCUT2D eigenvalue weighted by atomic mass is 19.4. The van der Waals surface area contributed by atoms with Crippen molar-refractivity contribution < 1.29 is 18.0 Å². The second kappa shape index (κ2) is 7.41. The molecule has 1 aliphatic heterocycles. The van der Waals surface area contributed by atoms with E-state index in [1.807, 2.05) is 79.4 Å². The molecule has 2 atom stereocenters. The molecule has 0 bridgehead atoms. The SMILES string of the molecule is C[C@]1(c2ccccc2)N(/C(=C/C(=O)C(F)(F)F)c2ccccc2)[C@@]1(C)c1ccccc1. The lowest BCUT2D eigenvalue weighted by molar-refractivity contribution is -0.165. The van der Waals surface area contributed by atoms with Gasteiger partial charge in [0, 0.05) is 11.8 Å². The summed E-state index contributed by atoms with van der Waals surface area (Å²) in [5.74, 6) is -1.87. The Balaban J connectivity index is 1.94. The van der Waals surface area contributed by atoms with Crippen LogP contribution >= 0.6 is 0 Å². The smallest absolute Gasteiger partial charge is 0.347 e. The largest absolute Gasteiger partial charge is 0.454 e. The number of carbonyl (C=O) groups excluding carboxylic acids is 1. The van der Waals surface area contributed by atoms with Gasteiger partial charge in [-0.3, -0.25) is 4.79 Å². The highest BCUT2D eigenvalue weighted by molar-refractivity contribution is 6.00. The van der Waals surface area contributed by atoms with Crippen LogP contribution in [0.3, 0.4) is 0 Å². The predicted octanol–water partition coefficient (Wildman–Crippen LogP) is 6.31. The Morgan fingerprint density at radius 3 is 1.52 bits per heavy atom. The topological polar surface area (TPSA) is 20.1 Å². The Morgan fingerprint density at radius 1 is 0.742 bits per heavy atom. The zero-order valence-electron chi connectivity index (χ0n) is 17.2. The fraction of sp³-hybridized carbons (Fsp3) is 0.192. The van der Waals surface area contributed by atoms with Gasteiger partial charge >= 0.3 is 6.18 Å². The molecule has 0 aliphatic carbocycles. The maximum atomic E-state index is 13.2. The number of hydrogen-bond donors (Lipinski definition) is 0. The summed E-state index contributed by atoms with van der Waals surface area (Å²) in [6.07, 6.45) is -4.22. The molecule has 0 amide bonds. The third-order valence-electron chi connectivity index (χ3n) is 6.32. The molecule has 5 heteroatoms. The predicted molar refractivity (Wildman–Crippen MR) is 115 cm³/mol. The van der Waals surface area contributed by atoms with Gasteiger partial charge in [-0.15, -0.1) is 0 Å². The molecule has 0 N–H and O–H groups in total. The molecule has 0 saturated carbocycles. The van der Waals surface area contributed by atoms with Crippen LogP contribution in [-0.4, -0.2) is 16.9 Å². The van der Waals surface area contributed by atoms with Crippen LogP contribution in [0.4, 0.5) is 13.2 Å². The van der Waals surface area contributed by atoms with Crippen molar-refractivity contribution in [3.05, 3.63) is 114 Å². The summed E-state index contributed by atoms with van der Waals surface area (Å²) in [7, 11) is 0. The summed E-state index contributed by atoms with van der Waals surface area (Å²) in [6.45, 7) is 4.01. The van der Waals surface area contributed by atoms with Gasteiger partial charge in [0.15, 0.2) is 0 Å². The van der Waals surface area contributed by atoms with Crippen molar-refractivity contribution in [2.45, 2.75) is 31.1 Å². The molecule has 1 fully saturated rings. The number of alkyl halides is 3. The van der Waals surface area contributed by atoms with E-state index in [2.05, 4.69) is 0 Å². The quantitative estimate of drug-likeness (QED) is 0.356. The van der Waals surface area contributed by atoms with Crippen LogP contribution in [0.2, 0.25) is 0 Å². The van der Waals surface area contributed by atoms with Gasteiger partial charge in [-0.25, -0.2) is 0 Å². The number of ketones is 1. The van der Waals surface area contributed by atoms with Crippen molar-refractivity contribution in [1.82, 2.24) is 4.90 Å². The van der Waals surface area contributed by atoms with E-state index >= 15 is 0 Å². The monoisotopic (exact) mass is 421 g/mol. The minimum Gasteiger partial charge on any atom is -0.347 e. The minimum absolute atomic E-state index is 0.251. The van der Waals surface area contributed by atoms with Crippen LogP contribution in [-0.2, 0) is 15.9 Å².